The molecule has 362 valence electrons. The quantitative estimate of drug-likeness (QED) is 0.0198. The molecule has 0 radical (unpaired) electrons. The first-order chi connectivity index (χ1) is 32.5. The van der Waals surface area contributed by atoms with Crippen LogP contribution in [-0.2, 0) is 43.8 Å². The van der Waals surface area contributed by atoms with Gasteiger partial charge in [-0.1, -0.05) is 18.2 Å². The van der Waals surface area contributed by atoms with Crippen LogP contribution < -0.4 is 30.2 Å². The highest BCUT2D eigenvalue weighted by molar-refractivity contribution is 7.61. The number of hydrogen-bond donors (Lipinski definition) is 9. The number of amides is 2. The average Bonchev–Trinajstić information content (AvgIpc) is 3.96. The van der Waals surface area contributed by atoms with Gasteiger partial charge in [0.1, 0.15) is 55.0 Å². The van der Waals surface area contributed by atoms with E-state index in [1.54, 1.807) is 0 Å². The Labute approximate surface area is 385 Å². The Bertz CT molecular complexity index is 2920. The van der Waals surface area contributed by atoms with E-state index in [0.29, 0.717) is 18.8 Å². The van der Waals surface area contributed by atoms with Crippen LogP contribution in [0, 0.1) is 0 Å². The van der Waals surface area contributed by atoms with E-state index in [4.69, 9.17) is 34.0 Å². The highest BCUT2D eigenvalue weighted by Crippen LogP contribution is 2.60. The van der Waals surface area contributed by atoms with Crippen molar-refractivity contribution in [2.75, 3.05) is 38.2 Å². The predicted molar refractivity (Wildman–Crippen MR) is 232 cm³/mol. The van der Waals surface area contributed by atoms with E-state index in [1.807, 2.05) is 49.5 Å². The number of nitrogens with zero attached hydrogens (tertiary/aromatic N) is 7. The molecular formula is C40H48N10O16P2+2. The number of primary amides is 1. The molecule has 28 heteroatoms. The van der Waals surface area contributed by atoms with Crippen molar-refractivity contribution in [1.29, 1.82) is 0 Å². The number of ether oxygens (including phenoxy) is 3. The minimum Gasteiger partial charge on any atom is -0.491 e. The number of anilines is 1. The molecule has 0 aliphatic carbocycles. The highest BCUT2D eigenvalue weighted by Gasteiger charge is 2.50. The molecule has 26 nitrogen and oxygen atoms in total. The van der Waals surface area contributed by atoms with Crippen molar-refractivity contribution < 1.29 is 85.6 Å². The SMILES string of the molecule is C[n+]1c2ccccc2nc2c(OCCCC(=O)NCCNc3ncnc4c3ncn4C3OC(COP(=O)(O)OP(=O)(O)OCC4OC([n+]5cccc(C(N)=O)c5)C(O)C4O)C(O)C3O)cccc21. The number of aryl methyl sites for hydroxylation is 1. The minimum absolute atomic E-state index is 0.0587. The Morgan fingerprint density at radius 3 is 2.34 bits per heavy atom. The van der Waals surface area contributed by atoms with Gasteiger partial charge in [0, 0.05) is 37.7 Å². The zero-order valence-corrected chi connectivity index (χ0v) is 37.7. The summed E-state index contributed by atoms with van der Waals surface area (Å²) in [6.45, 7) is -1.08. The van der Waals surface area contributed by atoms with Crippen LogP contribution in [0.4, 0.5) is 5.82 Å². The molecule has 2 aliphatic heterocycles. The van der Waals surface area contributed by atoms with Crippen molar-refractivity contribution in [3.05, 3.63) is 85.2 Å². The molecule has 68 heavy (non-hydrogen) atoms. The molecule has 0 spiro atoms. The van der Waals surface area contributed by atoms with Gasteiger partial charge in [-0.25, -0.2) is 29.1 Å². The lowest BCUT2D eigenvalue weighted by atomic mass is 10.1. The summed E-state index contributed by atoms with van der Waals surface area (Å²) in [5, 5.41) is 48.6. The van der Waals surface area contributed by atoms with E-state index in [-0.39, 0.29) is 48.0 Å². The van der Waals surface area contributed by atoms with Crippen LogP contribution in [0.5, 0.6) is 5.75 Å². The second kappa shape index (κ2) is 20.5. The highest BCUT2D eigenvalue weighted by atomic mass is 31.3. The molecule has 4 aromatic heterocycles. The van der Waals surface area contributed by atoms with Crippen molar-refractivity contribution in [3.63, 3.8) is 0 Å². The van der Waals surface area contributed by atoms with E-state index in [9.17, 15) is 48.9 Å². The van der Waals surface area contributed by atoms with E-state index in [0.717, 1.165) is 22.1 Å². The summed E-state index contributed by atoms with van der Waals surface area (Å²) in [6.07, 6.45) is -6.44. The fourth-order valence-electron chi connectivity index (χ4n) is 7.68. The molecule has 6 heterocycles. The average molecular weight is 987 g/mol. The normalized spacial score (nSPS) is 24.5. The second-order valence-electron chi connectivity index (χ2n) is 15.7. The summed E-state index contributed by atoms with van der Waals surface area (Å²) in [5.74, 6) is -0.0617. The summed E-state index contributed by atoms with van der Waals surface area (Å²) < 4.78 is 61.2. The van der Waals surface area contributed by atoms with Crippen molar-refractivity contribution in [2.45, 2.75) is 61.9 Å². The number of benzene rings is 2. The lowest BCUT2D eigenvalue weighted by molar-refractivity contribution is -0.765. The fraction of sp³-hybridized carbons (Fsp3) is 0.400. The Morgan fingerprint density at radius 1 is 0.853 bits per heavy atom. The van der Waals surface area contributed by atoms with Crippen LogP contribution in [0.2, 0.25) is 0 Å². The number of hydrogen-bond acceptors (Lipinski definition) is 19. The third kappa shape index (κ3) is 10.8. The van der Waals surface area contributed by atoms with Crippen LogP contribution in [0.3, 0.4) is 0 Å². The first-order valence-electron chi connectivity index (χ1n) is 21.0. The van der Waals surface area contributed by atoms with Gasteiger partial charge < -0.3 is 60.8 Å². The maximum Gasteiger partial charge on any atom is 0.481 e. The van der Waals surface area contributed by atoms with E-state index < -0.39 is 83.8 Å². The topological polar surface area (TPSA) is 359 Å². The molecule has 10 atom stereocenters. The molecule has 2 amide bonds. The Kier molecular flexibility index (Phi) is 14.7. The number of fused-ring (bicyclic) bond motifs is 3. The summed E-state index contributed by atoms with van der Waals surface area (Å²) >= 11 is 0. The van der Waals surface area contributed by atoms with E-state index in [2.05, 4.69) is 34.5 Å². The molecule has 10 unspecified atom stereocenters. The monoisotopic (exact) mass is 986 g/mol. The number of aromatic nitrogens is 7. The van der Waals surface area contributed by atoms with Gasteiger partial charge in [-0.2, -0.15) is 13.4 Å². The van der Waals surface area contributed by atoms with Gasteiger partial charge in [-0.3, -0.25) is 23.2 Å². The van der Waals surface area contributed by atoms with Gasteiger partial charge in [-0.15, -0.1) is 0 Å². The Hall–Kier alpha value is -5.70. The summed E-state index contributed by atoms with van der Waals surface area (Å²) in [5.41, 5.74) is 9.23. The van der Waals surface area contributed by atoms with Crippen LogP contribution in [0.15, 0.2) is 79.6 Å². The summed E-state index contributed by atoms with van der Waals surface area (Å²) in [6, 6.07) is 16.4. The molecule has 2 fully saturated rings. The number of pyridine rings is 1. The first kappa shape index (κ1) is 48.7. The van der Waals surface area contributed by atoms with Gasteiger partial charge in [0.15, 0.2) is 53.0 Å². The summed E-state index contributed by atoms with van der Waals surface area (Å²) in [7, 11) is -8.91. The largest absolute Gasteiger partial charge is 0.491 e. The minimum atomic E-state index is -5.45. The number of imidazole rings is 1. The third-order valence-electron chi connectivity index (χ3n) is 11.1. The second-order valence-corrected chi connectivity index (χ2v) is 18.7. The molecule has 0 saturated carbocycles. The number of aliphatic hydroxyl groups is 4. The third-order valence-corrected chi connectivity index (χ3v) is 13.7. The number of para-hydroxylation sites is 3. The number of rotatable bonds is 20. The lowest BCUT2D eigenvalue weighted by Crippen LogP contribution is -2.46. The Balaban J connectivity index is 0.779. The fourth-order valence-corrected chi connectivity index (χ4v) is 9.77. The van der Waals surface area contributed by atoms with Crippen LogP contribution in [0.1, 0.15) is 35.7 Å². The zero-order chi connectivity index (χ0) is 48.3. The number of phosphoric acid groups is 2. The van der Waals surface area contributed by atoms with Crippen LogP contribution >= 0.6 is 15.6 Å². The van der Waals surface area contributed by atoms with Gasteiger partial charge in [0.05, 0.1) is 26.1 Å². The van der Waals surface area contributed by atoms with Gasteiger partial charge >= 0.3 is 15.6 Å². The van der Waals surface area contributed by atoms with Crippen molar-refractivity contribution in [2.24, 2.45) is 12.8 Å². The van der Waals surface area contributed by atoms with Crippen LogP contribution in [-0.4, -0.2) is 136 Å². The summed E-state index contributed by atoms with van der Waals surface area (Å²) in [4.78, 5) is 62.2. The molecule has 10 N–H and O–H groups in total. The van der Waals surface area contributed by atoms with Gasteiger partial charge in [0.25, 0.3) is 12.1 Å². The van der Waals surface area contributed by atoms with Crippen molar-refractivity contribution >= 4 is 66.5 Å². The number of aliphatic hydroxyl groups excluding tert-OH is 4. The van der Waals surface area contributed by atoms with Gasteiger partial charge in [0.2, 0.25) is 16.9 Å². The molecular weight excluding hydrogens is 938 g/mol. The lowest BCUT2D eigenvalue weighted by Gasteiger charge is -2.20. The maximum absolute atomic E-state index is 12.7. The number of nitrogens with one attached hydrogen (secondary N) is 2. The molecule has 8 rings (SSSR count). The van der Waals surface area contributed by atoms with Gasteiger partial charge in [-0.05, 0) is 24.6 Å². The standard InChI is InChI=1S/C40H46N10O16P2/c1-48-24-9-3-2-8-23(24)47-30-25(48)10-4-11-26(30)61-16-6-12-29(51)42-13-14-43-37-31-38(45-20-44-37)50(21-46-31)40-35(55)33(53)28(65-40)19-63-68(59,60)66-67(57,58)62-18-27-32(52)34(54)39(64-27)49-15-5-7-22(17-49)36(41)56/h2-5,7-11,15,17,20-21,27-28,32-35,39-40,52-55H,6,12-14,16,18-19H2,1H3,(H4-2,41,42,43,44,45,51,56,57,58,59,60)/p+2. The molecule has 0 bridgehead atoms. The van der Waals surface area contributed by atoms with Crippen LogP contribution in [0.25, 0.3) is 33.2 Å². The number of phosphoric ester groups is 2. The zero-order valence-electron chi connectivity index (χ0n) is 35.9. The number of carbonyl (C=O) groups is 2. The van der Waals surface area contributed by atoms with Crippen molar-refractivity contribution in [3.8, 4) is 5.75 Å². The molecule has 2 aromatic carbocycles. The molecule has 2 aliphatic rings. The number of nitrogens with two attached hydrogens (primary N) is 1. The predicted octanol–water partition coefficient (Wildman–Crippen LogP) is -0.685. The number of carbonyl (C=O) groups excluding carboxylic acids is 2. The van der Waals surface area contributed by atoms with E-state index in [1.165, 1.54) is 46.3 Å². The Morgan fingerprint density at radius 2 is 1.57 bits per heavy atom. The first-order valence-corrected chi connectivity index (χ1v) is 24.0. The molecule has 6 aromatic rings. The maximum atomic E-state index is 12.7. The molecule has 2 saturated heterocycles. The van der Waals surface area contributed by atoms with E-state index >= 15 is 0 Å². The smallest absolute Gasteiger partial charge is 0.481 e. The van der Waals surface area contributed by atoms with Crippen molar-refractivity contribution in [1.82, 2.24) is 29.8 Å².